The van der Waals surface area contributed by atoms with Crippen LogP contribution in [0.25, 0.3) is 0 Å². The Balaban J connectivity index is 2.45. The Morgan fingerprint density at radius 1 is 1.42 bits per heavy atom. The molecule has 0 heterocycles. The molecule has 4 nitrogen and oxygen atoms in total. The molecule has 19 heavy (non-hydrogen) atoms. The third-order valence-corrected chi connectivity index (χ3v) is 3.35. The summed E-state index contributed by atoms with van der Waals surface area (Å²) in [6.07, 6.45) is 1.11. The first-order chi connectivity index (χ1) is 8.90. The summed E-state index contributed by atoms with van der Waals surface area (Å²) in [7, 11) is 1.79. The molecule has 1 aromatic rings. The first kappa shape index (κ1) is 15.5. The van der Waals surface area contributed by atoms with E-state index in [1.54, 1.807) is 30.1 Å². The SMILES string of the molecule is CC(C)C(N)CCN(C)C(=O)Cc1cccc(O)c1. The van der Waals surface area contributed by atoms with E-state index in [1.165, 1.54) is 0 Å². The van der Waals surface area contributed by atoms with Crippen LogP contribution in [0.15, 0.2) is 24.3 Å². The Labute approximate surface area is 115 Å². The number of likely N-dealkylation sites (N-methyl/N-ethyl adjacent to an activating group) is 1. The van der Waals surface area contributed by atoms with Gasteiger partial charge in [-0.05, 0) is 30.0 Å². The minimum atomic E-state index is 0.0431. The lowest BCUT2D eigenvalue weighted by molar-refractivity contribution is -0.129. The average molecular weight is 264 g/mol. The van der Waals surface area contributed by atoms with Crippen LogP contribution in [0, 0.1) is 5.92 Å². The van der Waals surface area contributed by atoms with Crippen molar-refractivity contribution < 1.29 is 9.90 Å². The predicted octanol–water partition coefficient (Wildman–Crippen LogP) is 1.77. The zero-order valence-electron chi connectivity index (χ0n) is 12.0. The molecule has 0 aromatic heterocycles. The summed E-state index contributed by atoms with van der Waals surface area (Å²) in [5, 5.41) is 9.36. The molecule has 3 N–H and O–H groups in total. The van der Waals surface area contributed by atoms with Crippen LogP contribution < -0.4 is 5.73 Å². The number of phenols is 1. The lowest BCUT2D eigenvalue weighted by atomic mass is 10.0. The topological polar surface area (TPSA) is 66.6 Å². The summed E-state index contributed by atoms with van der Waals surface area (Å²) in [4.78, 5) is 13.7. The van der Waals surface area contributed by atoms with Crippen molar-refractivity contribution in [3.63, 3.8) is 0 Å². The van der Waals surface area contributed by atoms with Crippen molar-refractivity contribution in [2.45, 2.75) is 32.7 Å². The molecule has 0 aliphatic carbocycles. The van der Waals surface area contributed by atoms with Gasteiger partial charge in [0.15, 0.2) is 0 Å². The van der Waals surface area contributed by atoms with Gasteiger partial charge in [0.25, 0.3) is 0 Å². The molecule has 1 atom stereocenters. The molecule has 0 radical (unpaired) electrons. The number of carbonyl (C=O) groups is 1. The van der Waals surface area contributed by atoms with Crippen molar-refractivity contribution in [1.82, 2.24) is 4.90 Å². The van der Waals surface area contributed by atoms with Gasteiger partial charge in [-0.25, -0.2) is 0 Å². The van der Waals surface area contributed by atoms with Gasteiger partial charge in [-0.15, -0.1) is 0 Å². The molecule has 1 aromatic carbocycles. The number of hydrogen-bond acceptors (Lipinski definition) is 3. The van der Waals surface area contributed by atoms with Crippen molar-refractivity contribution >= 4 is 5.91 Å². The predicted molar refractivity (Wildman–Crippen MR) is 76.9 cm³/mol. The number of nitrogens with two attached hydrogens (primary N) is 1. The number of carbonyl (C=O) groups excluding carboxylic acids is 1. The van der Waals surface area contributed by atoms with Gasteiger partial charge in [0, 0.05) is 19.6 Å². The molecule has 0 aliphatic rings. The second-order valence-corrected chi connectivity index (χ2v) is 5.36. The minimum absolute atomic E-state index is 0.0431. The number of nitrogens with zero attached hydrogens (tertiary/aromatic N) is 1. The van der Waals surface area contributed by atoms with E-state index < -0.39 is 0 Å². The van der Waals surface area contributed by atoms with Gasteiger partial charge in [-0.2, -0.15) is 0 Å². The molecule has 1 amide bonds. The minimum Gasteiger partial charge on any atom is -0.508 e. The summed E-state index contributed by atoms with van der Waals surface area (Å²) in [5.74, 6) is 0.658. The summed E-state index contributed by atoms with van der Waals surface area (Å²) in [6, 6.07) is 6.92. The van der Waals surface area contributed by atoms with Crippen molar-refractivity contribution in [3.8, 4) is 5.75 Å². The van der Waals surface area contributed by atoms with Crippen molar-refractivity contribution in [3.05, 3.63) is 29.8 Å². The molecular formula is C15H24N2O2. The maximum Gasteiger partial charge on any atom is 0.226 e. The Bertz CT molecular complexity index is 418. The van der Waals surface area contributed by atoms with Gasteiger partial charge < -0.3 is 15.7 Å². The standard InChI is InChI=1S/C15H24N2O2/c1-11(2)14(16)7-8-17(3)15(19)10-12-5-4-6-13(18)9-12/h4-6,9,11,14,18H,7-8,10,16H2,1-3H3. The van der Waals surface area contributed by atoms with E-state index in [2.05, 4.69) is 13.8 Å². The van der Waals surface area contributed by atoms with E-state index in [0.717, 1.165) is 12.0 Å². The highest BCUT2D eigenvalue weighted by molar-refractivity contribution is 5.78. The molecular weight excluding hydrogens is 240 g/mol. The Morgan fingerprint density at radius 2 is 2.11 bits per heavy atom. The number of phenolic OH excluding ortho intramolecular Hbond substituents is 1. The monoisotopic (exact) mass is 264 g/mol. The maximum atomic E-state index is 12.0. The van der Waals surface area contributed by atoms with E-state index in [-0.39, 0.29) is 17.7 Å². The first-order valence-corrected chi connectivity index (χ1v) is 6.67. The molecule has 0 fully saturated rings. The van der Waals surface area contributed by atoms with Crippen molar-refractivity contribution in [1.29, 1.82) is 0 Å². The smallest absolute Gasteiger partial charge is 0.226 e. The van der Waals surface area contributed by atoms with Gasteiger partial charge in [-0.1, -0.05) is 26.0 Å². The summed E-state index contributed by atoms with van der Waals surface area (Å²) < 4.78 is 0. The number of hydrogen-bond donors (Lipinski definition) is 2. The average Bonchev–Trinajstić information content (AvgIpc) is 2.35. The van der Waals surface area contributed by atoms with E-state index in [1.807, 2.05) is 6.07 Å². The molecule has 0 saturated heterocycles. The fourth-order valence-electron chi connectivity index (χ4n) is 1.78. The van der Waals surface area contributed by atoms with E-state index >= 15 is 0 Å². The Morgan fingerprint density at radius 3 is 2.68 bits per heavy atom. The highest BCUT2D eigenvalue weighted by atomic mass is 16.3. The maximum absolute atomic E-state index is 12.0. The highest BCUT2D eigenvalue weighted by Crippen LogP contribution is 2.12. The first-order valence-electron chi connectivity index (χ1n) is 6.67. The van der Waals surface area contributed by atoms with Crippen LogP contribution in [0.2, 0.25) is 0 Å². The number of rotatable bonds is 6. The molecule has 0 spiro atoms. The normalized spacial score (nSPS) is 12.5. The number of aromatic hydroxyl groups is 1. The number of amides is 1. The summed E-state index contributed by atoms with van der Waals surface area (Å²) in [6.45, 7) is 4.83. The van der Waals surface area contributed by atoms with Crippen LogP contribution in [0.1, 0.15) is 25.8 Å². The zero-order valence-corrected chi connectivity index (χ0v) is 12.0. The lowest BCUT2D eigenvalue weighted by Gasteiger charge is -2.21. The Hall–Kier alpha value is -1.55. The van der Waals surface area contributed by atoms with Crippen LogP contribution in [0.5, 0.6) is 5.75 Å². The fraction of sp³-hybridized carbons (Fsp3) is 0.533. The lowest BCUT2D eigenvalue weighted by Crippen LogP contribution is -2.35. The molecule has 4 heteroatoms. The van der Waals surface area contributed by atoms with E-state index in [9.17, 15) is 9.90 Å². The van der Waals surface area contributed by atoms with Crippen molar-refractivity contribution in [2.75, 3.05) is 13.6 Å². The molecule has 0 saturated carbocycles. The molecule has 1 unspecified atom stereocenters. The quantitative estimate of drug-likeness (QED) is 0.823. The zero-order chi connectivity index (χ0) is 14.4. The number of benzene rings is 1. The van der Waals surface area contributed by atoms with Crippen molar-refractivity contribution in [2.24, 2.45) is 11.7 Å². The molecule has 106 valence electrons. The molecule has 0 aliphatic heterocycles. The third-order valence-electron chi connectivity index (χ3n) is 3.35. The van der Waals surface area contributed by atoms with Gasteiger partial charge in [0.1, 0.15) is 5.75 Å². The van der Waals surface area contributed by atoms with Gasteiger partial charge >= 0.3 is 0 Å². The van der Waals surface area contributed by atoms with Gasteiger partial charge in [-0.3, -0.25) is 4.79 Å². The Kier molecular flexibility index (Phi) is 5.83. The van der Waals surface area contributed by atoms with Crippen LogP contribution >= 0.6 is 0 Å². The van der Waals surface area contributed by atoms with Gasteiger partial charge in [0.2, 0.25) is 5.91 Å². The van der Waals surface area contributed by atoms with Crippen LogP contribution in [-0.4, -0.2) is 35.5 Å². The second-order valence-electron chi connectivity index (χ2n) is 5.36. The summed E-state index contributed by atoms with van der Waals surface area (Å²) >= 11 is 0. The largest absolute Gasteiger partial charge is 0.508 e. The van der Waals surface area contributed by atoms with Crippen LogP contribution in [-0.2, 0) is 11.2 Å². The highest BCUT2D eigenvalue weighted by Gasteiger charge is 2.13. The molecule has 1 rings (SSSR count). The second kappa shape index (κ2) is 7.14. The van der Waals surface area contributed by atoms with Crippen LogP contribution in [0.4, 0.5) is 0 Å². The van der Waals surface area contributed by atoms with Gasteiger partial charge in [0.05, 0.1) is 6.42 Å². The fourth-order valence-corrected chi connectivity index (χ4v) is 1.78. The van der Waals surface area contributed by atoms with E-state index in [4.69, 9.17) is 5.73 Å². The molecule has 0 bridgehead atoms. The van der Waals surface area contributed by atoms with E-state index in [0.29, 0.717) is 18.9 Å². The van der Waals surface area contributed by atoms with Crippen LogP contribution in [0.3, 0.4) is 0 Å². The summed E-state index contributed by atoms with van der Waals surface area (Å²) in [5.41, 5.74) is 6.79. The third kappa shape index (κ3) is 5.30.